The van der Waals surface area contributed by atoms with Gasteiger partial charge in [-0.3, -0.25) is 0 Å². The minimum Gasteiger partial charge on any atom is -0.302 e. The summed E-state index contributed by atoms with van der Waals surface area (Å²) < 4.78 is 0. The lowest BCUT2D eigenvalue weighted by Crippen LogP contribution is -2.50. The number of hydrogen-bond acceptors (Lipinski definition) is 2. The molecule has 2 heterocycles. The van der Waals surface area contributed by atoms with Crippen LogP contribution in [-0.2, 0) is 5.41 Å². The van der Waals surface area contributed by atoms with Gasteiger partial charge in [0.05, 0.1) is 0 Å². The first-order chi connectivity index (χ1) is 13.4. The number of fused-ring (bicyclic) bond motifs is 3. The molecular weight excluding hydrogens is 328 g/mol. The Morgan fingerprint density at radius 3 is 1.41 bits per heavy atom. The zero-order chi connectivity index (χ0) is 18.1. The molecule has 2 fully saturated rings. The van der Waals surface area contributed by atoms with E-state index >= 15 is 0 Å². The predicted molar refractivity (Wildman–Crippen MR) is 113 cm³/mol. The third-order valence-corrected chi connectivity index (χ3v) is 7.06. The zero-order valence-electron chi connectivity index (χ0n) is 16.5. The highest BCUT2D eigenvalue weighted by atomic mass is 15.2. The second kappa shape index (κ2) is 7.41. The molecule has 27 heavy (non-hydrogen) atoms. The summed E-state index contributed by atoms with van der Waals surface area (Å²) in [6, 6.07) is 18.5. The van der Waals surface area contributed by atoms with E-state index in [4.69, 9.17) is 0 Å². The SMILES string of the molecule is c1ccc2c(c1)-c1ccccc1C2(CN1CCCCC1)CN1CCCCC1. The summed E-state index contributed by atoms with van der Waals surface area (Å²) in [5, 5.41) is 0. The van der Waals surface area contributed by atoms with Crippen molar-refractivity contribution in [3.63, 3.8) is 0 Å². The molecule has 0 spiro atoms. The van der Waals surface area contributed by atoms with Gasteiger partial charge in [0.15, 0.2) is 0 Å². The van der Waals surface area contributed by atoms with Gasteiger partial charge in [-0.2, -0.15) is 0 Å². The third-order valence-electron chi connectivity index (χ3n) is 7.06. The first-order valence-corrected chi connectivity index (χ1v) is 11.0. The predicted octanol–water partition coefficient (Wildman–Crippen LogP) is 4.92. The van der Waals surface area contributed by atoms with E-state index in [2.05, 4.69) is 58.3 Å². The molecule has 2 nitrogen and oxygen atoms in total. The molecule has 0 atom stereocenters. The van der Waals surface area contributed by atoms with Gasteiger partial charge in [-0.15, -0.1) is 0 Å². The monoisotopic (exact) mass is 360 g/mol. The van der Waals surface area contributed by atoms with E-state index in [0.29, 0.717) is 0 Å². The molecule has 0 radical (unpaired) electrons. The number of benzene rings is 2. The maximum absolute atomic E-state index is 2.76. The largest absolute Gasteiger partial charge is 0.302 e. The topological polar surface area (TPSA) is 6.48 Å². The lowest BCUT2D eigenvalue weighted by Gasteiger charge is -2.42. The fourth-order valence-corrected chi connectivity index (χ4v) is 5.80. The average Bonchev–Trinajstić information content (AvgIpc) is 3.00. The Labute approximate surface area is 164 Å². The Balaban J connectivity index is 1.60. The molecule has 2 saturated heterocycles. The molecule has 0 N–H and O–H groups in total. The van der Waals surface area contributed by atoms with Gasteiger partial charge in [-0.1, -0.05) is 61.4 Å². The number of nitrogens with zero attached hydrogens (tertiary/aromatic N) is 2. The third kappa shape index (κ3) is 3.13. The van der Waals surface area contributed by atoms with Crippen molar-refractivity contribution in [2.75, 3.05) is 39.3 Å². The van der Waals surface area contributed by atoms with Crippen LogP contribution in [0.2, 0.25) is 0 Å². The van der Waals surface area contributed by atoms with Crippen LogP contribution in [0.5, 0.6) is 0 Å². The van der Waals surface area contributed by atoms with Crippen molar-refractivity contribution >= 4 is 0 Å². The Morgan fingerprint density at radius 2 is 0.963 bits per heavy atom. The maximum Gasteiger partial charge on any atom is 0.0468 e. The van der Waals surface area contributed by atoms with Gasteiger partial charge in [0, 0.05) is 18.5 Å². The summed E-state index contributed by atoms with van der Waals surface area (Å²) in [6.45, 7) is 7.44. The lowest BCUT2D eigenvalue weighted by atomic mass is 9.76. The number of likely N-dealkylation sites (tertiary alicyclic amines) is 2. The molecule has 0 unspecified atom stereocenters. The fourth-order valence-electron chi connectivity index (χ4n) is 5.80. The van der Waals surface area contributed by atoms with E-state index in [1.807, 2.05) is 0 Å². The Hall–Kier alpha value is -1.64. The smallest absolute Gasteiger partial charge is 0.0468 e. The van der Waals surface area contributed by atoms with E-state index < -0.39 is 0 Å². The van der Waals surface area contributed by atoms with Crippen LogP contribution >= 0.6 is 0 Å². The quantitative estimate of drug-likeness (QED) is 0.763. The van der Waals surface area contributed by atoms with Gasteiger partial charge in [0.2, 0.25) is 0 Å². The highest BCUT2D eigenvalue weighted by molar-refractivity contribution is 5.81. The molecule has 2 aromatic carbocycles. The van der Waals surface area contributed by atoms with Crippen LogP contribution in [0.25, 0.3) is 11.1 Å². The summed E-state index contributed by atoms with van der Waals surface area (Å²) in [7, 11) is 0. The molecule has 0 bridgehead atoms. The van der Waals surface area contributed by atoms with Crippen molar-refractivity contribution in [2.45, 2.75) is 43.9 Å². The number of piperidine rings is 2. The highest BCUT2D eigenvalue weighted by Gasteiger charge is 2.45. The van der Waals surface area contributed by atoms with Crippen LogP contribution in [0.15, 0.2) is 48.5 Å². The molecule has 2 heteroatoms. The first-order valence-electron chi connectivity index (χ1n) is 11.0. The minimum absolute atomic E-state index is 0.127. The van der Waals surface area contributed by atoms with Crippen LogP contribution in [0.4, 0.5) is 0 Å². The molecule has 0 saturated carbocycles. The van der Waals surface area contributed by atoms with Crippen molar-refractivity contribution in [3.05, 3.63) is 59.7 Å². The van der Waals surface area contributed by atoms with Crippen molar-refractivity contribution in [2.24, 2.45) is 0 Å². The first kappa shape index (κ1) is 17.5. The second-order valence-electron chi connectivity index (χ2n) is 8.85. The zero-order valence-corrected chi connectivity index (χ0v) is 16.5. The van der Waals surface area contributed by atoms with E-state index in [0.717, 1.165) is 0 Å². The lowest BCUT2D eigenvalue weighted by molar-refractivity contribution is 0.141. The van der Waals surface area contributed by atoms with Crippen LogP contribution in [0, 0.1) is 0 Å². The van der Waals surface area contributed by atoms with Crippen molar-refractivity contribution in [3.8, 4) is 11.1 Å². The molecule has 3 aliphatic rings. The normalized spacial score (nSPS) is 22.4. The Bertz CT molecular complexity index is 717. The van der Waals surface area contributed by atoms with Crippen LogP contribution in [0.3, 0.4) is 0 Å². The van der Waals surface area contributed by atoms with Crippen molar-refractivity contribution < 1.29 is 0 Å². The molecule has 1 aliphatic carbocycles. The van der Waals surface area contributed by atoms with Gasteiger partial charge in [-0.25, -0.2) is 0 Å². The van der Waals surface area contributed by atoms with Crippen LogP contribution in [0.1, 0.15) is 49.7 Å². The van der Waals surface area contributed by atoms with E-state index in [-0.39, 0.29) is 5.41 Å². The van der Waals surface area contributed by atoms with E-state index in [1.54, 1.807) is 11.1 Å². The van der Waals surface area contributed by atoms with E-state index in [1.165, 1.54) is 88.9 Å². The maximum atomic E-state index is 2.76. The Kier molecular flexibility index (Phi) is 4.79. The van der Waals surface area contributed by atoms with Gasteiger partial charge >= 0.3 is 0 Å². The Morgan fingerprint density at radius 1 is 0.556 bits per heavy atom. The second-order valence-corrected chi connectivity index (χ2v) is 8.85. The van der Waals surface area contributed by atoms with Gasteiger partial charge in [0.1, 0.15) is 0 Å². The van der Waals surface area contributed by atoms with Crippen molar-refractivity contribution in [1.82, 2.24) is 9.80 Å². The van der Waals surface area contributed by atoms with Gasteiger partial charge < -0.3 is 9.80 Å². The molecule has 2 aromatic rings. The molecular formula is C25H32N2. The molecule has 0 aromatic heterocycles. The molecule has 5 rings (SSSR count). The van der Waals surface area contributed by atoms with Crippen LogP contribution in [-0.4, -0.2) is 49.1 Å². The highest BCUT2D eigenvalue weighted by Crippen LogP contribution is 2.50. The summed E-state index contributed by atoms with van der Waals surface area (Å²) in [4.78, 5) is 5.51. The number of hydrogen-bond donors (Lipinski definition) is 0. The summed E-state index contributed by atoms with van der Waals surface area (Å²) >= 11 is 0. The molecule has 0 amide bonds. The number of rotatable bonds is 4. The van der Waals surface area contributed by atoms with Gasteiger partial charge in [0.25, 0.3) is 0 Å². The minimum atomic E-state index is 0.127. The molecule has 142 valence electrons. The van der Waals surface area contributed by atoms with E-state index in [9.17, 15) is 0 Å². The fraction of sp³-hybridized carbons (Fsp3) is 0.520. The standard InChI is InChI=1S/C25H32N2/c1-7-15-26(16-8-1)19-25(20-27-17-9-2-10-18-27)23-13-5-3-11-21(23)22-12-4-6-14-24(22)25/h3-6,11-14H,1-2,7-10,15-20H2. The summed E-state index contributed by atoms with van der Waals surface area (Å²) in [5.74, 6) is 0. The summed E-state index contributed by atoms with van der Waals surface area (Å²) in [6.07, 6.45) is 8.27. The average molecular weight is 361 g/mol. The van der Waals surface area contributed by atoms with Crippen LogP contribution < -0.4 is 0 Å². The van der Waals surface area contributed by atoms with Gasteiger partial charge in [-0.05, 0) is 74.1 Å². The van der Waals surface area contributed by atoms with Crippen molar-refractivity contribution in [1.29, 1.82) is 0 Å². The summed E-state index contributed by atoms with van der Waals surface area (Å²) in [5.41, 5.74) is 6.22. The molecule has 2 aliphatic heterocycles.